The fourth-order valence-electron chi connectivity index (χ4n) is 2.96. The molecular formula is C20H22ClNO8. The molecule has 5 atom stereocenters. The quantitative estimate of drug-likeness (QED) is 0.426. The largest absolute Gasteiger partial charge is 0.473 e. The topological polar surface area (TPSA) is 128 Å². The summed E-state index contributed by atoms with van der Waals surface area (Å²) >= 11 is 6.00. The number of methoxy groups -OCH3 is 1. The van der Waals surface area contributed by atoms with E-state index < -0.39 is 43.3 Å². The summed E-state index contributed by atoms with van der Waals surface area (Å²) in [4.78, 5) is 16.7. The Morgan fingerprint density at radius 1 is 1.20 bits per heavy atom. The van der Waals surface area contributed by atoms with Gasteiger partial charge in [0.15, 0.2) is 12.4 Å². The number of pyridine rings is 1. The lowest BCUT2D eigenvalue weighted by Crippen LogP contribution is -2.60. The molecule has 0 radical (unpaired) electrons. The number of hydrogen-bond donors (Lipinski definition) is 3. The maximum atomic E-state index is 12.6. The van der Waals surface area contributed by atoms with E-state index in [1.54, 1.807) is 0 Å². The van der Waals surface area contributed by atoms with Gasteiger partial charge in [0.05, 0.1) is 12.2 Å². The average Bonchev–Trinajstić information content (AvgIpc) is 2.76. The van der Waals surface area contributed by atoms with Crippen molar-refractivity contribution in [2.75, 3.05) is 13.7 Å². The van der Waals surface area contributed by atoms with Crippen molar-refractivity contribution in [3.63, 3.8) is 0 Å². The second-order valence-electron chi connectivity index (χ2n) is 6.60. The van der Waals surface area contributed by atoms with Crippen molar-refractivity contribution in [1.82, 2.24) is 4.98 Å². The van der Waals surface area contributed by atoms with Crippen molar-refractivity contribution in [2.45, 2.75) is 37.3 Å². The molecule has 9 nitrogen and oxygen atoms in total. The van der Waals surface area contributed by atoms with Crippen LogP contribution < -0.4 is 4.74 Å². The Bertz CT molecular complexity index is 850. The summed E-state index contributed by atoms with van der Waals surface area (Å²) in [6.45, 7) is -0.320. The number of aliphatic hydroxyl groups is 3. The van der Waals surface area contributed by atoms with E-state index in [9.17, 15) is 20.1 Å². The highest BCUT2D eigenvalue weighted by Gasteiger charge is 2.47. The van der Waals surface area contributed by atoms with Gasteiger partial charge in [0.1, 0.15) is 30.1 Å². The summed E-state index contributed by atoms with van der Waals surface area (Å²) in [6.07, 6.45) is -6.59. The van der Waals surface area contributed by atoms with Crippen LogP contribution in [0.2, 0.25) is 5.15 Å². The summed E-state index contributed by atoms with van der Waals surface area (Å²) in [5.74, 6) is -0.740. The summed E-state index contributed by atoms with van der Waals surface area (Å²) in [7, 11) is 1.28. The molecule has 2 aromatic rings. The van der Waals surface area contributed by atoms with Gasteiger partial charge in [0, 0.05) is 13.2 Å². The second kappa shape index (κ2) is 10.2. The number of hydrogen-bond acceptors (Lipinski definition) is 9. The Kier molecular flexibility index (Phi) is 7.59. The molecule has 3 N–H and O–H groups in total. The highest BCUT2D eigenvalue weighted by atomic mass is 35.5. The summed E-state index contributed by atoms with van der Waals surface area (Å²) in [6, 6.07) is 12.0. The maximum absolute atomic E-state index is 12.6. The summed E-state index contributed by atoms with van der Waals surface area (Å²) in [5, 5.41) is 29.6. The Labute approximate surface area is 177 Å². The predicted octanol–water partition coefficient (Wildman–Crippen LogP) is 0.925. The van der Waals surface area contributed by atoms with Crippen molar-refractivity contribution in [2.24, 2.45) is 0 Å². The molecule has 2 heterocycles. The minimum atomic E-state index is -1.53. The standard InChI is InChI=1S/C20H22ClNO8/c1-27-20-18(17(25)16(24)13(9-23)29-20)30-19(26)12-7-14(21)22-15(8-12)28-10-11-5-3-2-4-6-11/h2-8,13,16-18,20,23-25H,9-10H2,1H3/t13-,16-,17+,18-,20+/m1/s1. The lowest BCUT2D eigenvalue weighted by Gasteiger charge is -2.40. The first-order valence-electron chi connectivity index (χ1n) is 9.13. The number of ether oxygens (including phenoxy) is 4. The number of carbonyl (C=O) groups is 1. The van der Waals surface area contributed by atoms with E-state index in [2.05, 4.69) is 4.98 Å². The number of halogens is 1. The van der Waals surface area contributed by atoms with Gasteiger partial charge >= 0.3 is 5.97 Å². The van der Waals surface area contributed by atoms with Gasteiger partial charge < -0.3 is 34.3 Å². The Morgan fingerprint density at radius 2 is 1.93 bits per heavy atom. The number of aliphatic hydroxyl groups excluding tert-OH is 3. The number of rotatable bonds is 7. The molecule has 162 valence electrons. The molecule has 1 fully saturated rings. The van der Waals surface area contributed by atoms with Crippen LogP contribution in [0.15, 0.2) is 42.5 Å². The van der Waals surface area contributed by atoms with E-state index in [4.69, 9.17) is 30.5 Å². The van der Waals surface area contributed by atoms with Crippen LogP contribution in [-0.2, 0) is 20.8 Å². The van der Waals surface area contributed by atoms with Gasteiger partial charge in [-0.2, -0.15) is 0 Å². The number of carbonyl (C=O) groups excluding carboxylic acids is 1. The molecule has 1 aromatic carbocycles. The summed E-state index contributed by atoms with van der Waals surface area (Å²) in [5.41, 5.74) is 0.931. The molecule has 0 unspecified atom stereocenters. The molecule has 1 saturated heterocycles. The SMILES string of the molecule is CO[C@H]1O[C@H](CO)[C@@H](O)[C@H](O)[C@H]1OC(=O)c1cc(Cl)nc(OCc2ccccc2)c1. The number of esters is 1. The van der Waals surface area contributed by atoms with Crippen LogP contribution in [-0.4, -0.2) is 70.7 Å². The van der Waals surface area contributed by atoms with Crippen LogP contribution in [0.5, 0.6) is 5.88 Å². The molecule has 10 heteroatoms. The zero-order valence-corrected chi connectivity index (χ0v) is 16.8. The van der Waals surface area contributed by atoms with Gasteiger partial charge in [-0.15, -0.1) is 0 Å². The zero-order valence-electron chi connectivity index (χ0n) is 16.1. The van der Waals surface area contributed by atoms with Gasteiger partial charge in [0.2, 0.25) is 5.88 Å². The van der Waals surface area contributed by atoms with Gasteiger partial charge in [0.25, 0.3) is 0 Å². The van der Waals surface area contributed by atoms with Crippen LogP contribution in [0.3, 0.4) is 0 Å². The molecule has 3 rings (SSSR count). The van der Waals surface area contributed by atoms with Gasteiger partial charge in [-0.25, -0.2) is 9.78 Å². The Balaban J connectivity index is 1.72. The van der Waals surface area contributed by atoms with E-state index in [1.807, 2.05) is 30.3 Å². The van der Waals surface area contributed by atoms with Crippen LogP contribution in [0.4, 0.5) is 0 Å². The summed E-state index contributed by atoms with van der Waals surface area (Å²) < 4.78 is 21.3. The monoisotopic (exact) mass is 439 g/mol. The zero-order chi connectivity index (χ0) is 21.7. The van der Waals surface area contributed by atoms with Crippen molar-refractivity contribution >= 4 is 17.6 Å². The first kappa shape index (κ1) is 22.4. The Hall–Kier alpha value is -2.27. The smallest absolute Gasteiger partial charge is 0.338 e. The van der Waals surface area contributed by atoms with Gasteiger partial charge in [-0.05, 0) is 11.6 Å². The van der Waals surface area contributed by atoms with E-state index >= 15 is 0 Å². The first-order valence-corrected chi connectivity index (χ1v) is 9.51. The first-order chi connectivity index (χ1) is 14.4. The van der Waals surface area contributed by atoms with E-state index in [0.29, 0.717) is 0 Å². The van der Waals surface area contributed by atoms with Gasteiger partial charge in [-0.1, -0.05) is 41.9 Å². The third-order valence-corrected chi connectivity index (χ3v) is 4.73. The lowest BCUT2D eigenvalue weighted by atomic mass is 9.99. The maximum Gasteiger partial charge on any atom is 0.338 e. The van der Waals surface area contributed by atoms with E-state index in [1.165, 1.54) is 19.2 Å². The molecule has 1 aliphatic heterocycles. The lowest BCUT2D eigenvalue weighted by molar-refractivity contribution is -0.293. The molecule has 1 aliphatic rings. The highest BCUT2D eigenvalue weighted by Crippen LogP contribution is 2.26. The molecule has 0 spiro atoms. The molecule has 0 bridgehead atoms. The second-order valence-corrected chi connectivity index (χ2v) is 6.99. The normalized spacial score (nSPS) is 26.2. The van der Waals surface area contributed by atoms with E-state index in [-0.39, 0.29) is 23.2 Å². The van der Waals surface area contributed by atoms with Crippen LogP contribution >= 0.6 is 11.6 Å². The molecule has 0 aliphatic carbocycles. The molecule has 0 amide bonds. The third kappa shape index (κ3) is 5.25. The number of aromatic nitrogens is 1. The number of nitrogens with zero attached hydrogens (tertiary/aromatic N) is 1. The van der Waals surface area contributed by atoms with Crippen LogP contribution in [0.1, 0.15) is 15.9 Å². The van der Waals surface area contributed by atoms with E-state index in [0.717, 1.165) is 5.56 Å². The van der Waals surface area contributed by atoms with Crippen molar-refractivity contribution in [1.29, 1.82) is 0 Å². The average molecular weight is 440 g/mol. The third-order valence-electron chi connectivity index (χ3n) is 4.54. The minimum Gasteiger partial charge on any atom is -0.473 e. The van der Waals surface area contributed by atoms with Crippen LogP contribution in [0.25, 0.3) is 0 Å². The fourth-order valence-corrected chi connectivity index (χ4v) is 3.16. The minimum absolute atomic E-state index is 0.0108. The highest BCUT2D eigenvalue weighted by molar-refractivity contribution is 6.29. The molecule has 1 aromatic heterocycles. The molecule has 30 heavy (non-hydrogen) atoms. The van der Waals surface area contributed by atoms with Crippen molar-refractivity contribution < 1.29 is 39.1 Å². The van der Waals surface area contributed by atoms with Crippen molar-refractivity contribution in [3.05, 3.63) is 58.7 Å². The molecular weight excluding hydrogens is 418 g/mol. The van der Waals surface area contributed by atoms with Crippen molar-refractivity contribution in [3.8, 4) is 5.88 Å². The predicted molar refractivity (Wildman–Crippen MR) is 104 cm³/mol. The van der Waals surface area contributed by atoms with Gasteiger partial charge in [-0.3, -0.25) is 0 Å². The van der Waals surface area contributed by atoms with Crippen LogP contribution in [0, 0.1) is 0 Å². The molecule has 0 saturated carbocycles. The number of benzene rings is 1. The Morgan fingerprint density at radius 3 is 2.60 bits per heavy atom. The fraction of sp³-hybridized carbons (Fsp3) is 0.400.